The van der Waals surface area contributed by atoms with Crippen LogP contribution in [-0.2, 0) is 31.2 Å². The normalized spacial score (nSPS) is 17.7. The smallest absolute Gasteiger partial charge is 0.333 e. The zero-order valence-corrected chi connectivity index (χ0v) is 26.8. The molecule has 5 heterocycles. The highest BCUT2D eigenvalue weighted by Gasteiger charge is 2.39. The Labute approximate surface area is 253 Å². The molecule has 4 N–H and O–H groups in total. The van der Waals surface area contributed by atoms with Crippen molar-refractivity contribution in [2.45, 2.75) is 77.0 Å². The second kappa shape index (κ2) is 11.0. The van der Waals surface area contributed by atoms with Crippen molar-refractivity contribution >= 4 is 29.2 Å². The van der Waals surface area contributed by atoms with Gasteiger partial charge in [-0.25, -0.2) is 4.79 Å². The Morgan fingerprint density at radius 2 is 0.878 bits per heavy atom. The number of carbonyl (C=O) groups excluding carboxylic acids is 1. The van der Waals surface area contributed by atoms with Crippen molar-refractivity contribution in [3.63, 3.8) is 0 Å². The van der Waals surface area contributed by atoms with Crippen LogP contribution in [0.5, 0.6) is 0 Å². The maximum absolute atomic E-state index is 12.4. The van der Waals surface area contributed by atoms with Crippen LogP contribution in [0.15, 0.2) is 60.7 Å². The van der Waals surface area contributed by atoms with Crippen molar-refractivity contribution in [2.24, 2.45) is 0 Å². The van der Waals surface area contributed by atoms with Gasteiger partial charge in [0.05, 0.1) is 10.8 Å². The van der Waals surface area contributed by atoms with Crippen molar-refractivity contribution in [1.29, 1.82) is 0 Å². The zero-order chi connectivity index (χ0) is 30.4. The molecule has 0 saturated heterocycles. The standard InChI is InChI=1S/C32H40N4O2.CH2Cl2/c1-19(2)28(37)38-18-32(9)26-16-14-24(35-26)30(5,6)22-12-10-20(33-22)29(3,4)21-11-13-23(34-21)31(7,8)25-15-17-27(32)36-25;2-1-3/h10-17,33-36H,1,18H2,2-9H3;1H2. The summed E-state index contributed by atoms with van der Waals surface area (Å²) >= 11 is 9.53. The fourth-order valence-electron chi connectivity index (χ4n) is 5.48. The molecule has 0 aliphatic carbocycles. The monoisotopic (exact) mass is 596 g/mol. The fourth-order valence-corrected chi connectivity index (χ4v) is 5.48. The number of esters is 1. The topological polar surface area (TPSA) is 89.5 Å². The van der Waals surface area contributed by atoms with E-state index in [-0.39, 0.29) is 28.2 Å². The number of hydrogen-bond donors (Lipinski definition) is 4. The van der Waals surface area contributed by atoms with E-state index in [1.807, 2.05) is 0 Å². The second-order valence-corrected chi connectivity index (χ2v) is 13.6. The van der Waals surface area contributed by atoms with Gasteiger partial charge in [0.15, 0.2) is 0 Å². The number of hydrogen-bond acceptors (Lipinski definition) is 2. The number of halogens is 2. The molecule has 220 valence electrons. The van der Waals surface area contributed by atoms with E-state index in [0.717, 1.165) is 45.6 Å². The summed E-state index contributed by atoms with van der Waals surface area (Å²) in [4.78, 5) is 27.3. The average molecular weight is 598 g/mol. The molecule has 4 aromatic rings. The number of aromatic nitrogens is 4. The summed E-state index contributed by atoms with van der Waals surface area (Å²) in [5.41, 5.74) is 7.61. The van der Waals surface area contributed by atoms with E-state index in [4.69, 9.17) is 27.9 Å². The number of rotatable bonds is 3. The first-order valence-corrected chi connectivity index (χ1v) is 14.9. The molecule has 6 nitrogen and oxygen atoms in total. The second-order valence-electron chi connectivity index (χ2n) is 12.8. The molecule has 8 heteroatoms. The lowest BCUT2D eigenvalue weighted by Gasteiger charge is -2.30. The Hall–Kier alpha value is -3.09. The molecule has 5 rings (SSSR count). The Bertz CT molecular complexity index is 1450. The molecule has 8 bridgehead atoms. The van der Waals surface area contributed by atoms with E-state index in [1.165, 1.54) is 0 Å². The van der Waals surface area contributed by atoms with E-state index in [9.17, 15) is 4.79 Å². The van der Waals surface area contributed by atoms with Gasteiger partial charge in [-0.1, -0.05) is 6.58 Å². The van der Waals surface area contributed by atoms with Crippen LogP contribution >= 0.6 is 23.2 Å². The molecular formula is C33H42Cl2N4O2. The molecule has 1 aliphatic heterocycles. The number of ether oxygens (including phenoxy) is 1. The van der Waals surface area contributed by atoms with Gasteiger partial charge in [0, 0.05) is 67.4 Å². The summed E-state index contributed by atoms with van der Waals surface area (Å²) in [5.74, 6) is -0.391. The first kappa shape index (κ1) is 30.9. The van der Waals surface area contributed by atoms with Crippen LogP contribution < -0.4 is 0 Å². The van der Waals surface area contributed by atoms with Gasteiger partial charge in [-0.2, -0.15) is 0 Å². The van der Waals surface area contributed by atoms with Gasteiger partial charge < -0.3 is 24.7 Å². The Morgan fingerprint density at radius 1 is 0.634 bits per heavy atom. The number of carbonyl (C=O) groups is 1. The number of nitrogens with one attached hydrogen (secondary N) is 4. The van der Waals surface area contributed by atoms with Crippen molar-refractivity contribution in [3.8, 4) is 0 Å². The van der Waals surface area contributed by atoms with Gasteiger partial charge in [0.25, 0.3) is 0 Å². The Kier molecular flexibility index (Phi) is 8.25. The van der Waals surface area contributed by atoms with E-state index < -0.39 is 11.4 Å². The SMILES string of the molecule is C=C(C)C(=O)OCC1(C)c2ccc([nH]2)C(C)(C)c2ccc([nH]2)C(C)(C)c2ccc([nH]2)C(C)(C)c2ccc1[nH]2.ClCCl. The minimum atomic E-state index is -0.630. The van der Waals surface area contributed by atoms with Crippen molar-refractivity contribution in [1.82, 2.24) is 19.9 Å². The summed E-state index contributed by atoms with van der Waals surface area (Å²) in [7, 11) is 0. The van der Waals surface area contributed by atoms with Crippen LogP contribution in [0.2, 0.25) is 0 Å². The molecule has 41 heavy (non-hydrogen) atoms. The number of H-pyrrole nitrogens is 4. The maximum Gasteiger partial charge on any atom is 0.333 e. The largest absolute Gasteiger partial charge is 0.461 e. The average Bonchev–Trinajstić information content (AvgIpc) is 3.72. The number of aromatic amines is 4. The Balaban J connectivity index is 0.00000124. The van der Waals surface area contributed by atoms with Gasteiger partial charge >= 0.3 is 5.97 Å². The van der Waals surface area contributed by atoms with Crippen LogP contribution in [0.4, 0.5) is 0 Å². The molecule has 0 atom stereocenters. The first-order valence-electron chi connectivity index (χ1n) is 13.8. The van der Waals surface area contributed by atoms with E-state index in [1.54, 1.807) is 6.92 Å². The minimum absolute atomic E-state index is 0.174. The molecule has 0 amide bonds. The van der Waals surface area contributed by atoms with E-state index in [2.05, 4.69) is 124 Å². The van der Waals surface area contributed by atoms with Gasteiger partial charge in [0.1, 0.15) is 6.61 Å². The van der Waals surface area contributed by atoms with Gasteiger partial charge in [-0.15, -0.1) is 23.2 Å². The van der Waals surface area contributed by atoms with Crippen LogP contribution in [0.1, 0.15) is 101 Å². The van der Waals surface area contributed by atoms with Gasteiger partial charge in [-0.3, -0.25) is 0 Å². The summed E-state index contributed by atoms with van der Waals surface area (Å²) in [6.45, 7) is 21.1. The molecule has 4 aromatic heterocycles. The predicted octanol–water partition coefficient (Wildman–Crippen LogP) is 8.14. The third-order valence-corrected chi connectivity index (χ3v) is 8.81. The van der Waals surface area contributed by atoms with Gasteiger partial charge in [0.2, 0.25) is 0 Å². The summed E-state index contributed by atoms with van der Waals surface area (Å²) in [6.07, 6.45) is 0. The molecular weight excluding hydrogens is 555 g/mol. The van der Waals surface area contributed by atoms with E-state index >= 15 is 0 Å². The van der Waals surface area contributed by atoms with Crippen LogP contribution in [0.3, 0.4) is 0 Å². The summed E-state index contributed by atoms with van der Waals surface area (Å²) in [6, 6.07) is 17.3. The lowest BCUT2D eigenvalue weighted by Crippen LogP contribution is -2.33. The molecule has 0 saturated carbocycles. The molecule has 0 radical (unpaired) electrons. The van der Waals surface area contributed by atoms with Crippen molar-refractivity contribution < 1.29 is 9.53 Å². The molecule has 0 aromatic carbocycles. The highest BCUT2D eigenvalue weighted by molar-refractivity contribution is 6.40. The third-order valence-electron chi connectivity index (χ3n) is 8.81. The van der Waals surface area contributed by atoms with E-state index in [0.29, 0.717) is 5.57 Å². The lowest BCUT2D eigenvalue weighted by molar-refractivity contribution is -0.140. The van der Waals surface area contributed by atoms with Crippen LogP contribution in [0, 0.1) is 0 Å². The predicted molar refractivity (Wildman–Crippen MR) is 168 cm³/mol. The van der Waals surface area contributed by atoms with Crippen LogP contribution in [0.25, 0.3) is 0 Å². The Morgan fingerprint density at radius 3 is 1.15 bits per heavy atom. The summed E-state index contributed by atoms with van der Waals surface area (Å²) < 4.78 is 5.77. The van der Waals surface area contributed by atoms with Crippen molar-refractivity contribution in [3.05, 3.63) is 106 Å². The number of alkyl halides is 2. The highest BCUT2D eigenvalue weighted by atomic mass is 35.5. The quantitative estimate of drug-likeness (QED) is 0.109. The van der Waals surface area contributed by atoms with Gasteiger partial charge in [-0.05, 0) is 104 Å². The molecule has 0 spiro atoms. The first-order chi connectivity index (χ1) is 19.1. The zero-order valence-electron chi connectivity index (χ0n) is 25.3. The van der Waals surface area contributed by atoms with Crippen molar-refractivity contribution in [2.75, 3.05) is 11.9 Å². The minimum Gasteiger partial charge on any atom is -0.461 e. The van der Waals surface area contributed by atoms with Crippen LogP contribution in [-0.4, -0.2) is 37.9 Å². The molecule has 1 aliphatic rings. The maximum atomic E-state index is 12.4. The number of fused-ring (bicyclic) bond motifs is 8. The fraction of sp³-hybridized carbons (Fsp3) is 0.424. The third kappa shape index (κ3) is 5.44. The lowest BCUT2D eigenvalue weighted by atomic mass is 9.84. The highest BCUT2D eigenvalue weighted by Crippen LogP contribution is 2.41. The summed E-state index contributed by atoms with van der Waals surface area (Å²) in [5, 5.41) is 0.194. The molecule has 0 unspecified atom stereocenters. The molecule has 0 fully saturated rings.